The molecule has 1 aromatic carbocycles. The lowest BCUT2D eigenvalue weighted by Crippen LogP contribution is -2.51. The van der Waals surface area contributed by atoms with Crippen LogP contribution in [0.15, 0.2) is 29.1 Å². The van der Waals surface area contributed by atoms with E-state index in [0.29, 0.717) is 23.6 Å². The van der Waals surface area contributed by atoms with Crippen molar-refractivity contribution < 1.29 is 4.79 Å². The van der Waals surface area contributed by atoms with E-state index in [1.165, 1.54) is 38.5 Å². The number of amides is 1. The van der Waals surface area contributed by atoms with Crippen molar-refractivity contribution in [2.75, 3.05) is 6.54 Å². The molecule has 0 spiro atoms. The number of nitrogens with zero attached hydrogens (tertiary/aromatic N) is 2. The molecule has 30 heavy (non-hydrogen) atoms. The van der Waals surface area contributed by atoms with E-state index < -0.39 is 0 Å². The number of carbonyl (C=O) groups excluding carboxylic acids is 1. The highest BCUT2D eigenvalue weighted by molar-refractivity contribution is 5.78. The summed E-state index contributed by atoms with van der Waals surface area (Å²) in [6.45, 7) is 0.843. The molecule has 0 atom stereocenters. The van der Waals surface area contributed by atoms with E-state index in [2.05, 4.69) is 5.32 Å². The number of carbonyl (C=O) groups is 1. The van der Waals surface area contributed by atoms with Gasteiger partial charge in [0, 0.05) is 25.4 Å². The molecule has 5 fully saturated rings. The van der Waals surface area contributed by atoms with E-state index in [9.17, 15) is 9.59 Å². The van der Waals surface area contributed by atoms with Gasteiger partial charge in [0.25, 0.3) is 5.56 Å². The number of para-hydroxylation sites is 1. The maximum absolute atomic E-state index is 13.0. The molecule has 4 bridgehead atoms. The minimum atomic E-state index is 0.0482. The fourth-order valence-electron chi connectivity index (χ4n) is 7.18. The van der Waals surface area contributed by atoms with E-state index >= 15 is 0 Å². The minimum absolute atomic E-state index is 0.0482. The second kappa shape index (κ2) is 6.93. The summed E-state index contributed by atoms with van der Waals surface area (Å²) in [6, 6.07) is 7.81. The van der Waals surface area contributed by atoms with Crippen LogP contribution in [0.1, 0.15) is 69.7 Å². The summed E-state index contributed by atoms with van der Waals surface area (Å²) in [4.78, 5) is 30.5. The lowest BCUT2D eigenvalue weighted by molar-refractivity contribution is -0.123. The summed E-state index contributed by atoms with van der Waals surface area (Å²) >= 11 is 0. The first-order chi connectivity index (χ1) is 14.6. The number of hydrogen-bond acceptors (Lipinski definition) is 3. The molecular formula is C25H31N3O2. The third-order valence-electron chi connectivity index (χ3n) is 8.19. The molecular weight excluding hydrogens is 374 g/mol. The average molecular weight is 406 g/mol. The highest BCUT2D eigenvalue weighted by Crippen LogP contribution is 2.59. The van der Waals surface area contributed by atoms with Crippen molar-refractivity contribution in [3.05, 3.63) is 40.4 Å². The highest BCUT2D eigenvalue weighted by atomic mass is 16.1. The number of fused-ring (bicyclic) bond motifs is 1. The lowest BCUT2D eigenvalue weighted by atomic mass is 9.49. The van der Waals surface area contributed by atoms with Gasteiger partial charge in [-0.25, -0.2) is 4.98 Å². The number of aryl methyl sites for hydroxylation is 1. The molecule has 1 heterocycles. The monoisotopic (exact) mass is 405 g/mol. The van der Waals surface area contributed by atoms with E-state index in [0.717, 1.165) is 48.5 Å². The fraction of sp³-hybridized carbons (Fsp3) is 0.640. The Morgan fingerprint density at radius 2 is 1.73 bits per heavy atom. The molecule has 1 amide bonds. The predicted octanol–water partition coefficient (Wildman–Crippen LogP) is 4.00. The van der Waals surface area contributed by atoms with Crippen molar-refractivity contribution >= 4 is 16.8 Å². The number of benzene rings is 1. The van der Waals surface area contributed by atoms with Crippen molar-refractivity contribution in [2.24, 2.45) is 23.2 Å². The Bertz CT molecular complexity index is 1020. The van der Waals surface area contributed by atoms with Gasteiger partial charge >= 0.3 is 0 Å². The van der Waals surface area contributed by atoms with Gasteiger partial charge in [0.15, 0.2) is 0 Å². The van der Waals surface area contributed by atoms with Crippen LogP contribution in [0, 0.1) is 23.2 Å². The molecule has 158 valence electrons. The van der Waals surface area contributed by atoms with Crippen molar-refractivity contribution in [2.45, 2.75) is 70.3 Å². The van der Waals surface area contributed by atoms with Crippen molar-refractivity contribution in [3.8, 4) is 0 Å². The van der Waals surface area contributed by atoms with E-state index in [1.807, 2.05) is 28.8 Å². The van der Waals surface area contributed by atoms with Gasteiger partial charge in [0.2, 0.25) is 5.91 Å². The molecule has 1 aromatic heterocycles. The number of aromatic nitrogens is 2. The van der Waals surface area contributed by atoms with E-state index in [-0.39, 0.29) is 17.5 Å². The largest absolute Gasteiger partial charge is 0.356 e. The summed E-state index contributed by atoms with van der Waals surface area (Å²) in [6.07, 6.45) is 11.2. The normalized spacial score (nSPS) is 31.9. The van der Waals surface area contributed by atoms with Crippen molar-refractivity contribution in [1.82, 2.24) is 14.9 Å². The van der Waals surface area contributed by atoms with Gasteiger partial charge in [-0.1, -0.05) is 12.1 Å². The molecule has 0 unspecified atom stereocenters. The zero-order valence-corrected chi connectivity index (χ0v) is 17.6. The Balaban J connectivity index is 1.14. The zero-order chi connectivity index (χ0) is 20.3. The van der Waals surface area contributed by atoms with E-state index in [4.69, 9.17) is 4.98 Å². The second-order valence-electron chi connectivity index (χ2n) is 10.6. The smallest absolute Gasteiger partial charge is 0.261 e. The van der Waals surface area contributed by atoms with Crippen LogP contribution in [0.4, 0.5) is 0 Å². The van der Waals surface area contributed by atoms with Gasteiger partial charge in [0.1, 0.15) is 5.82 Å². The number of nitrogens with one attached hydrogen (secondary N) is 1. The van der Waals surface area contributed by atoms with Crippen LogP contribution in [0.2, 0.25) is 0 Å². The minimum Gasteiger partial charge on any atom is -0.356 e. The molecule has 5 aliphatic carbocycles. The second-order valence-corrected chi connectivity index (χ2v) is 10.6. The highest BCUT2D eigenvalue weighted by Gasteiger charge is 2.50. The summed E-state index contributed by atoms with van der Waals surface area (Å²) < 4.78 is 1.86. The molecule has 0 saturated heterocycles. The fourth-order valence-corrected chi connectivity index (χ4v) is 7.18. The third kappa shape index (κ3) is 3.27. The molecule has 2 aromatic rings. The van der Waals surface area contributed by atoms with Gasteiger partial charge in [-0.05, 0) is 86.7 Å². The Morgan fingerprint density at radius 1 is 1.07 bits per heavy atom. The molecule has 0 aliphatic heterocycles. The van der Waals surface area contributed by atoms with Gasteiger partial charge in [0.05, 0.1) is 10.9 Å². The Kier molecular flexibility index (Phi) is 4.29. The Hall–Kier alpha value is -2.17. The summed E-state index contributed by atoms with van der Waals surface area (Å²) in [5, 5.41) is 3.95. The first-order valence-electron chi connectivity index (χ1n) is 11.9. The molecule has 5 aliphatic rings. The van der Waals surface area contributed by atoms with Crippen molar-refractivity contribution in [3.63, 3.8) is 0 Å². The predicted molar refractivity (Wildman–Crippen MR) is 116 cm³/mol. The first kappa shape index (κ1) is 18.6. The molecule has 5 heteroatoms. The van der Waals surface area contributed by atoms with Crippen LogP contribution in [0.5, 0.6) is 0 Å². The van der Waals surface area contributed by atoms with Gasteiger partial charge in [-0.3, -0.25) is 14.2 Å². The summed E-state index contributed by atoms with van der Waals surface area (Å²) in [7, 11) is 0. The summed E-state index contributed by atoms with van der Waals surface area (Å²) in [5.74, 6) is 3.59. The SMILES string of the molecule is O=C(CCc1nc2ccccc2c(=O)n1C1CC1)NCC12CC3CC(CC(C3)C1)C2. The van der Waals surface area contributed by atoms with Crippen LogP contribution in [-0.4, -0.2) is 22.0 Å². The van der Waals surface area contributed by atoms with Crippen LogP contribution in [0.3, 0.4) is 0 Å². The lowest BCUT2D eigenvalue weighted by Gasteiger charge is -2.56. The molecule has 0 radical (unpaired) electrons. The van der Waals surface area contributed by atoms with E-state index in [1.54, 1.807) is 0 Å². The number of rotatable bonds is 6. The quantitative estimate of drug-likeness (QED) is 0.790. The van der Waals surface area contributed by atoms with Gasteiger partial charge < -0.3 is 5.32 Å². The number of hydrogen-bond donors (Lipinski definition) is 1. The molecule has 7 rings (SSSR count). The third-order valence-corrected chi connectivity index (χ3v) is 8.19. The Morgan fingerprint density at radius 3 is 2.40 bits per heavy atom. The van der Waals surface area contributed by atoms with Crippen LogP contribution >= 0.6 is 0 Å². The Labute approximate surface area is 177 Å². The first-order valence-corrected chi connectivity index (χ1v) is 11.9. The summed E-state index contributed by atoms with van der Waals surface area (Å²) in [5.41, 5.74) is 1.15. The standard InChI is InChI=1S/C25H31N3O2/c29-23(26-15-25-12-16-9-17(13-25)11-18(10-16)14-25)8-7-22-27-21-4-2-1-3-20(21)24(30)28(22)19-5-6-19/h1-4,16-19H,5-15H2,(H,26,29). The van der Waals surface area contributed by atoms with Gasteiger partial charge in [-0.2, -0.15) is 0 Å². The molecule has 5 nitrogen and oxygen atoms in total. The maximum Gasteiger partial charge on any atom is 0.261 e. The van der Waals surface area contributed by atoms with Crippen LogP contribution in [-0.2, 0) is 11.2 Å². The zero-order valence-electron chi connectivity index (χ0n) is 17.6. The van der Waals surface area contributed by atoms with Crippen LogP contribution < -0.4 is 10.9 Å². The van der Waals surface area contributed by atoms with Crippen LogP contribution in [0.25, 0.3) is 10.9 Å². The maximum atomic E-state index is 13.0. The molecule has 5 saturated carbocycles. The van der Waals surface area contributed by atoms with Crippen molar-refractivity contribution in [1.29, 1.82) is 0 Å². The van der Waals surface area contributed by atoms with Gasteiger partial charge in [-0.15, -0.1) is 0 Å². The molecule has 1 N–H and O–H groups in total. The topological polar surface area (TPSA) is 64.0 Å². The average Bonchev–Trinajstić information content (AvgIpc) is 3.55.